The van der Waals surface area contributed by atoms with Gasteiger partial charge in [0, 0.05) is 27.4 Å². The maximum absolute atomic E-state index is 12.8. The molecule has 1 aliphatic rings. The number of benzene rings is 1. The van der Waals surface area contributed by atoms with Crippen molar-refractivity contribution in [1.82, 2.24) is 0 Å². The van der Waals surface area contributed by atoms with Crippen LogP contribution in [0.25, 0.3) is 0 Å². The molecule has 0 aliphatic carbocycles. The van der Waals surface area contributed by atoms with E-state index in [1.807, 2.05) is 25.1 Å². The molecule has 0 fully saturated rings. The van der Waals surface area contributed by atoms with E-state index in [4.69, 9.17) is 14.2 Å². The monoisotopic (exact) mass is 293 g/mol. The van der Waals surface area contributed by atoms with E-state index in [0.717, 1.165) is 23.4 Å². The number of hydrogen-bond acceptors (Lipinski definition) is 4. The van der Waals surface area contributed by atoms with Gasteiger partial charge in [-0.15, -0.1) is 0 Å². The standard InChI is InChI=1S/C16H23NO4/c1-12-6-7-14-13(10-12)17(8-5-9-19-3)15(18)16(2,21-14)11-20-4/h6-7,10H,5,8-9,11H2,1-4H3. The summed E-state index contributed by atoms with van der Waals surface area (Å²) in [6.45, 7) is 5.21. The predicted octanol–water partition coefficient (Wildman–Crippen LogP) is 2.16. The highest BCUT2D eigenvalue weighted by Gasteiger charge is 2.44. The van der Waals surface area contributed by atoms with E-state index in [1.165, 1.54) is 0 Å². The van der Waals surface area contributed by atoms with Crippen LogP contribution in [0.3, 0.4) is 0 Å². The van der Waals surface area contributed by atoms with E-state index >= 15 is 0 Å². The molecule has 1 heterocycles. The number of ether oxygens (including phenoxy) is 3. The molecular formula is C16H23NO4. The number of methoxy groups -OCH3 is 2. The second-order valence-corrected chi connectivity index (χ2v) is 5.54. The zero-order valence-corrected chi connectivity index (χ0v) is 13.1. The Labute approximate surface area is 125 Å². The lowest BCUT2D eigenvalue weighted by Crippen LogP contribution is -2.57. The third-order valence-electron chi connectivity index (χ3n) is 3.59. The van der Waals surface area contributed by atoms with Crippen LogP contribution in [0.1, 0.15) is 18.9 Å². The topological polar surface area (TPSA) is 48.0 Å². The van der Waals surface area contributed by atoms with Crippen LogP contribution in [0.5, 0.6) is 5.75 Å². The highest BCUT2D eigenvalue weighted by atomic mass is 16.5. The number of rotatable bonds is 6. The molecule has 1 unspecified atom stereocenters. The Morgan fingerprint density at radius 2 is 2.05 bits per heavy atom. The first-order valence-electron chi connectivity index (χ1n) is 7.11. The normalized spacial score (nSPS) is 21.1. The maximum Gasteiger partial charge on any atom is 0.273 e. The number of fused-ring (bicyclic) bond motifs is 1. The molecule has 116 valence electrons. The van der Waals surface area contributed by atoms with Gasteiger partial charge < -0.3 is 19.1 Å². The number of carbonyl (C=O) groups excluding carboxylic acids is 1. The van der Waals surface area contributed by atoms with E-state index in [1.54, 1.807) is 26.0 Å². The summed E-state index contributed by atoms with van der Waals surface area (Å²) in [5, 5.41) is 0. The fraction of sp³-hybridized carbons (Fsp3) is 0.562. The fourth-order valence-electron chi connectivity index (χ4n) is 2.56. The maximum atomic E-state index is 12.8. The molecule has 1 atom stereocenters. The van der Waals surface area contributed by atoms with Gasteiger partial charge in [-0.2, -0.15) is 0 Å². The summed E-state index contributed by atoms with van der Waals surface area (Å²) in [4.78, 5) is 14.6. The molecule has 1 aromatic carbocycles. The summed E-state index contributed by atoms with van der Waals surface area (Å²) in [6, 6.07) is 5.87. The van der Waals surface area contributed by atoms with Crippen molar-refractivity contribution < 1.29 is 19.0 Å². The highest BCUT2D eigenvalue weighted by Crippen LogP contribution is 2.38. The molecule has 1 amide bonds. The molecule has 5 nitrogen and oxygen atoms in total. The largest absolute Gasteiger partial charge is 0.473 e. The molecule has 0 spiro atoms. The zero-order valence-electron chi connectivity index (χ0n) is 13.1. The molecule has 0 saturated heterocycles. The second kappa shape index (κ2) is 6.45. The van der Waals surface area contributed by atoms with Gasteiger partial charge in [-0.3, -0.25) is 4.79 Å². The summed E-state index contributed by atoms with van der Waals surface area (Å²) in [5.41, 5.74) is 0.936. The third-order valence-corrected chi connectivity index (χ3v) is 3.59. The fourth-order valence-corrected chi connectivity index (χ4v) is 2.56. The molecule has 0 radical (unpaired) electrons. The zero-order chi connectivity index (χ0) is 15.5. The van der Waals surface area contributed by atoms with Crippen LogP contribution >= 0.6 is 0 Å². The van der Waals surface area contributed by atoms with E-state index in [2.05, 4.69) is 0 Å². The average Bonchev–Trinajstić information content (AvgIpc) is 2.44. The van der Waals surface area contributed by atoms with Crippen LogP contribution in [0.4, 0.5) is 5.69 Å². The Morgan fingerprint density at radius 1 is 1.29 bits per heavy atom. The van der Waals surface area contributed by atoms with Crippen LogP contribution in [0.15, 0.2) is 18.2 Å². The lowest BCUT2D eigenvalue weighted by atomic mass is 10.0. The first-order chi connectivity index (χ1) is 10.0. The van der Waals surface area contributed by atoms with Crippen LogP contribution in [0, 0.1) is 6.92 Å². The van der Waals surface area contributed by atoms with Crippen LogP contribution in [-0.2, 0) is 14.3 Å². The Balaban J connectivity index is 2.35. The quantitative estimate of drug-likeness (QED) is 0.754. The number of carbonyl (C=O) groups is 1. The molecule has 1 aromatic rings. The molecule has 0 saturated carbocycles. The lowest BCUT2D eigenvalue weighted by molar-refractivity contribution is -0.138. The molecule has 0 aromatic heterocycles. The Morgan fingerprint density at radius 3 is 2.71 bits per heavy atom. The molecule has 1 aliphatic heterocycles. The number of nitrogens with zero attached hydrogens (tertiary/aromatic N) is 1. The Bertz CT molecular complexity index is 517. The molecule has 0 bridgehead atoms. The third kappa shape index (κ3) is 3.19. The van der Waals surface area contributed by atoms with Gasteiger partial charge in [-0.25, -0.2) is 0 Å². The van der Waals surface area contributed by atoms with Crippen LogP contribution in [0.2, 0.25) is 0 Å². The predicted molar refractivity (Wildman–Crippen MR) is 80.9 cm³/mol. The van der Waals surface area contributed by atoms with Gasteiger partial charge in [-0.1, -0.05) is 6.07 Å². The van der Waals surface area contributed by atoms with Crippen molar-refractivity contribution in [2.24, 2.45) is 0 Å². The molecule has 21 heavy (non-hydrogen) atoms. The Hall–Kier alpha value is -1.59. The van der Waals surface area contributed by atoms with Gasteiger partial charge in [0.15, 0.2) is 0 Å². The van der Waals surface area contributed by atoms with Gasteiger partial charge in [0.05, 0.1) is 12.3 Å². The molecule has 5 heteroatoms. The van der Waals surface area contributed by atoms with Crippen molar-refractivity contribution >= 4 is 11.6 Å². The van der Waals surface area contributed by atoms with Gasteiger partial charge >= 0.3 is 0 Å². The summed E-state index contributed by atoms with van der Waals surface area (Å²) < 4.78 is 16.2. The van der Waals surface area contributed by atoms with Gasteiger partial charge in [0.1, 0.15) is 5.75 Å². The lowest BCUT2D eigenvalue weighted by Gasteiger charge is -2.40. The average molecular weight is 293 g/mol. The minimum atomic E-state index is -0.982. The summed E-state index contributed by atoms with van der Waals surface area (Å²) in [7, 11) is 3.23. The SMILES string of the molecule is COCCCN1C(=O)C(C)(COC)Oc2ccc(C)cc21. The van der Waals surface area contributed by atoms with Gasteiger partial charge in [-0.05, 0) is 38.0 Å². The van der Waals surface area contributed by atoms with Crippen molar-refractivity contribution in [2.75, 3.05) is 38.9 Å². The summed E-state index contributed by atoms with van der Waals surface area (Å²) in [6.07, 6.45) is 0.776. The first-order valence-corrected chi connectivity index (χ1v) is 7.11. The molecule has 2 rings (SSSR count). The number of amides is 1. The molecule has 0 N–H and O–H groups in total. The van der Waals surface area contributed by atoms with Gasteiger partial charge in [0.25, 0.3) is 5.91 Å². The second-order valence-electron chi connectivity index (χ2n) is 5.54. The van der Waals surface area contributed by atoms with E-state index < -0.39 is 5.60 Å². The van der Waals surface area contributed by atoms with Crippen molar-refractivity contribution in [3.8, 4) is 5.75 Å². The van der Waals surface area contributed by atoms with E-state index in [-0.39, 0.29) is 12.5 Å². The number of aryl methyl sites for hydroxylation is 1. The number of hydrogen-bond donors (Lipinski definition) is 0. The van der Waals surface area contributed by atoms with Crippen LogP contribution < -0.4 is 9.64 Å². The first kappa shape index (κ1) is 15.8. The van der Waals surface area contributed by atoms with E-state index in [9.17, 15) is 4.79 Å². The summed E-state index contributed by atoms with van der Waals surface area (Å²) >= 11 is 0. The van der Waals surface area contributed by atoms with Gasteiger partial charge in [0.2, 0.25) is 5.60 Å². The van der Waals surface area contributed by atoms with Crippen molar-refractivity contribution in [3.63, 3.8) is 0 Å². The van der Waals surface area contributed by atoms with Crippen molar-refractivity contribution in [2.45, 2.75) is 25.9 Å². The van der Waals surface area contributed by atoms with Crippen LogP contribution in [-0.4, -0.2) is 45.5 Å². The Kier molecular flexibility index (Phi) is 4.85. The van der Waals surface area contributed by atoms with E-state index in [0.29, 0.717) is 13.2 Å². The number of anilines is 1. The smallest absolute Gasteiger partial charge is 0.273 e. The summed E-state index contributed by atoms with van der Waals surface area (Å²) in [5.74, 6) is 0.649. The minimum Gasteiger partial charge on any atom is -0.473 e. The minimum absolute atomic E-state index is 0.0708. The van der Waals surface area contributed by atoms with Crippen molar-refractivity contribution in [3.05, 3.63) is 23.8 Å². The highest BCUT2D eigenvalue weighted by molar-refractivity contribution is 6.02. The van der Waals surface area contributed by atoms with Crippen molar-refractivity contribution in [1.29, 1.82) is 0 Å². The molecular weight excluding hydrogens is 270 g/mol.